The molecule has 0 atom stereocenters. The normalized spacial score (nSPS) is 10.1. The Bertz CT molecular complexity index is 551. The van der Waals surface area contributed by atoms with Gasteiger partial charge in [-0.2, -0.15) is 0 Å². The van der Waals surface area contributed by atoms with Gasteiger partial charge < -0.3 is 0 Å². The maximum atomic E-state index is 10.5. The van der Waals surface area contributed by atoms with Crippen molar-refractivity contribution in [1.82, 2.24) is 4.98 Å². The highest BCUT2D eigenvalue weighted by Crippen LogP contribution is 2.19. The summed E-state index contributed by atoms with van der Waals surface area (Å²) in [4.78, 5) is 24.5. The molecule has 0 bridgehead atoms. The number of non-ortho nitro benzene ring substituents is 1. The maximum Gasteiger partial charge on any atom is 0.270 e. The maximum absolute atomic E-state index is 10.5. The van der Waals surface area contributed by atoms with Crippen molar-refractivity contribution in [2.24, 2.45) is 0 Å². The number of carbonyl (C=O) groups excluding carboxylic acids is 1. The summed E-state index contributed by atoms with van der Waals surface area (Å²) in [6.45, 7) is 0. The van der Waals surface area contributed by atoms with E-state index in [1.165, 1.54) is 18.3 Å². The molecule has 2 rings (SSSR count). The van der Waals surface area contributed by atoms with E-state index >= 15 is 0 Å². The Morgan fingerprint density at radius 1 is 1.33 bits per heavy atom. The summed E-state index contributed by atoms with van der Waals surface area (Å²) in [5.41, 5.74) is 1.03. The van der Waals surface area contributed by atoms with E-state index in [9.17, 15) is 14.9 Å². The van der Waals surface area contributed by atoms with Gasteiger partial charge in [0.15, 0.2) is 6.29 Å². The molecule has 0 fully saturated rings. The number of nitro benzene ring substituents is 1. The lowest BCUT2D eigenvalue weighted by molar-refractivity contribution is -0.384. The Morgan fingerprint density at radius 3 is 2.80 bits per heavy atom. The van der Waals surface area contributed by atoms with Crippen LogP contribution in [-0.2, 0) is 0 Å². The summed E-state index contributed by atoms with van der Waals surface area (Å²) in [6, 6.07) is 5.91. The first-order chi connectivity index (χ1) is 7.20. The number of pyridine rings is 1. The average molecular weight is 202 g/mol. The van der Waals surface area contributed by atoms with Gasteiger partial charge in [0.25, 0.3) is 5.69 Å². The van der Waals surface area contributed by atoms with Crippen LogP contribution in [0.2, 0.25) is 0 Å². The fourth-order valence-electron chi connectivity index (χ4n) is 1.31. The number of nitro groups is 1. The summed E-state index contributed by atoms with van der Waals surface area (Å²) in [5.74, 6) is 0. The minimum Gasteiger partial charge on any atom is -0.298 e. The van der Waals surface area contributed by atoms with Crippen LogP contribution >= 0.6 is 0 Å². The molecule has 0 aliphatic rings. The molecule has 0 aliphatic heterocycles. The molecule has 1 aromatic heterocycles. The molecule has 0 amide bonds. The number of aldehydes is 1. The van der Waals surface area contributed by atoms with Gasteiger partial charge in [0, 0.05) is 29.3 Å². The largest absolute Gasteiger partial charge is 0.298 e. The fraction of sp³-hybridized carbons (Fsp3) is 0. The molecule has 1 aromatic carbocycles. The fourth-order valence-corrected chi connectivity index (χ4v) is 1.31. The minimum atomic E-state index is -0.479. The van der Waals surface area contributed by atoms with Crippen LogP contribution in [0.4, 0.5) is 5.69 Å². The van der Waals surface area contributed by atoms with Gasteiger partial charge in [0.2, 0.25) is 0 Å². The summed E-state index contributed by atoms with van der Waals surface area (Å²) < 4.78 is 0. The molecule has 1 heterocycles. The zero-order chi connectivity index (χ0) is 10.8. The highest BCUT2D eigenvalue weighted by molar-refractivity contribution is 5.87. The zero-order valence-electron chi connectivity index (χ0n) is 7.58. The number of hydrogen-bond acceptors (Lipinski definition) is 4. The predicted molar refractivity (Wildman–Crippen MR) is 53.8 cm³/mol. The van der Waals surface area contributed by atoms with Crippen molar-refractivity contribution < 1.29 is 9.72 Å². The van der Waals surface area contributed by atoms with Gasteiger partial charge in [-0.1, -0.05) is 0 Å². The molecule has 2 aromatic rings. The monoisotopic (exact) mass is 202 g/mol. The molecular formula is C10H6N2O3. The second-order valence-electron chi connectivity index (χ2n) is 3.02. The molecule has 15 heavy (non-hydrogen) atoms. The SMILES string of the molecule is O=Cc1cnc2ccc([N+](=O)[O-])cc2c1. The molecule has 0 aliphatic carbocycles. The van der Waals surface area contributed by atoms with Crippen molar-refractivity contribution in [1.29, 1.82) is 0 Å². The summed E-state index contributed by atoms with van der Waals surface area (Å²) >= 11 is 0. The highest BCUT2D eigenvalue weighted by atomic mass is 16.6. The van der Waals surface area contributed by atoms with Gasteiger partial charge in [0.05, 0.1) is 10.4 Å². The quantitative estimate of drug-likeness (QED) is 0.424. The number of rotatable bonds is 2. The van der Waals surface area contributed by atoms with Gasteiger partial charge >= 0.3 is 0 Å². The van der Waals surface area contributed by atoms with E-state index in [4.69, 9.17) is 0 Å². The Kier molecular flexibility index (Phi) is 2.13. The van der Waals surface area contributed by atoms with E-state index in [0.717, 1.165) is 0 Å². The predicted octanol–water partition coefficient (Wildman–Crippen LogP) is 1.96. The van der Waals surface area contributed by atoms with Crippen LogP contribution < -0.4 is 0 Å². The Balaban J connectivity index is 2.67. The lowest BCUT2D eigenvalue weighted by Crippen LogP contribution is -1.89. The van der Waals surface area contributed by atoms with Crippen molar-refractivity contribution in [2.75, 3.05) is 0 Å². The second-order valence-corrected chi connectivity index (χ2v) is 3.02. The summed E-state index contributed by atoms with van der Waals surface area (Å²) in [7, 11) is 0. The van der Waals surface area contributed by atoms with Crippen LogP contribution in [0, 0.1) is 10.1 Å². The third-order valence-corrected chi connectivity index (χ3v) is 2.03. The summed E-state index contributed by atoms with van der Waals surface area (Å²) in [5, 5.41) is 11.1. The van der Waals surface area contributed by atoms with Gasteiger partial charge in [0.1, 0.15) is 0 Å². The molecule has 5 nitrogen and oxygen atoms in total. The average Bonchev–Trinajstić information content (AvgIpc) is 2.27. The Hall–Kier alpha value is -2.30. The first-order valence-electron chi connectivity index (χ1n) is 4.20. The first-order valence-corrected chi connectivity index (χ1v) is 4.20. The van der Waals surface area contributed by atoms with E-state index in [2.05, 4.69) is 4.98 Å². The molecule has 0 spiro atoms. The third-order valence-electron chi connectivity index (χ3n) is 2.03. The van der Waals surface area contributed by atoms with Gasteiger partial charge in [-0.25, -0.2) is 0 Å². The number of carbonyl (C=O) groups is 1. The molecule has 0 saturated heterocycles. The van der Waals surface area contributed by atoms with Crippen molar-refractivity contribution in [3.8, 4) is 0 Å². The van der Waals surface area contributed by atoms with Crippen LogP contribution in [0.25, 0.3) is 10.9 Å². The second kappa shape index (κ2) is 3.45. The van der Waals surface area contributed by atoms with E-state index < -0.39 is 4.92 Å². The van der Waals surface area contributed by atoms with Gasteiger partial charge in [-0.3, -0.25) is 19.9 Å². The smallest absolute Gasteiger partial charge is 0.270 e. The van der Waals surface area contributed by atoms with Crippen molar-refractivity contribution in [2.45, 2.75) is 0 Å². The van der Waals surface area contributed by atoms with Crippen LogP contribution in [-0.4, -0.2) is 16.2 Å². The van der Waals surface area contributed by atoms with E-state index in [-0.39, 0.29) is 5.69 Å². The van der Waals surface area contributed by atoms with Crippen molar-refractivity contribution in [3.63, 3.8) is 0 Å². The molecule has 0 N–H and O–H groups in total. The first kappa shape index (κ1) is 9.26. The summed E-state index contributed by atoms with van der Waals surface area (Å²) in [6.07, 6.45) is 2.09. The number of nitrogens with zero attached hydrogens (tertiary/aromatic N) is 2. The van der Waals surface area contributed by atoms with Gasteiger partial charge in [-0.05, 0) is 12.1 Å². The van der Waals surface area contributed by atoms with Crippen LogP contribution in [0.5, 0.6) is 0 Å². The lowest BCUT2D eigenvalue weighted by atomic mass is 10.1. The van der Waals surface area contributed by atoms with Crippen LogP contribution in [0.15, 0.2) is 30.5 Å². The van der Waals surface area contributed by atoms with Crippen LogP contribution in [0.3, 0.4) is 0 Å². The molecule has 0 radical (unpaired) electrons. The molecular weight excluding hydrogens is 196 g/mol. The Labute approximate surface area is 84.5 Å². The van der Waals surface area contributed by atoms with E-state index in [0.29, 0.717) is 22.8 Å². The molecule has 74 valence electrons. The van der Waals surface area contributed by atoms with Crippen molar-refractivity contribution >= 4 is 22.9 Å². The van der Waals surface area contributed by atoms with E-state index in [1.807, 2.05) is 0 Å². The number of benzene rings is 1. The molecule has 0 unspecified atom stereocenters. The van der Waals surface area contributed by atoms with Crippen LogP contribution in [0.1, 0.15) is 10.4 Å². The van der Waals surface area contributed by atoms with Crippen molar-refractivity contribution in [3.05, 3.63) is 46.1 Å². The molecule has 5 heteroatoms. The standard InChI is InChI=1S/C10H6N2O3/c13-6-7-3-8-4-9(12(14)15)1-2-10(8)11-5-7/h1-6H. The molecule has 0 saturated carbocycles. The van der Waals surface area contributed by atoms with E-state index in [1.54, 1.807) is 12.1 Å². The highest BCUT2D eigenvalue weighted by Gasteiger charge is 2.06. The zero-order valence-corrected chi connectivity index (χ0v) is 7.58. The lowest BCUT2D eigenvalue weighted by Gasteiger charge is -1.97. The third kappa shape index (κ3) is 1.67. The minimum absolute atomic E-state index is 0.00708. The topological polar surface area (TPSA) is 73.1 Å². The number of aromatic nitrogens is 1. The number of fused-ring (bicyclic) bond motifs is 1. The van der Waals surface area contributed by atoms with Gasteiger partial charge in [-0.15, -0.1) is 0 Å². The Morgan fingerprint density at radius 2 is 2.13 bits per heavy atom. The number of hydrogen-bond donors (Lipinski definition) is 0.